The van der Waals surface area contributed by atoms with Gasteiger partial charge in [-0.3, -0.25) is 0 Å². The largest absolute Gasteiger partial charge is 0.185 e. The Morgan fingerprint density at radius 3 is 2.31 bits per heavy atom. The zero-order chi connectivity index (χ0) is 12.0. The van der Waals surface area contributed by atoms with Gasteiger partial charge in [0.1, 0.15) is 5.40 Å². The highest BCUT2D eigenvalue weighted by Gasteiger charge is 2.11. The molecule has 1 atom stereocenters. The highest BCUT2D eigenvalue weighted by Crippen LogP contribution is 2.22. The summed E-state index contributed by atoms with van der Waals surface area (Å²) >= 11 is 1.22. The molecule has 0 spiro atoms. The van der Waals surface area contributed by atoms with Gasteiger partial charge in [-0.2, -0.15) is 5.26 Å². The first-order chi connectivity index (χ1) is 7.67. The maximum Gasteiger partial charge on any atom is 0.138 e. The Hall–Kier alpha value is -0.940. The lowest BCUT2D eigenvalue weighted by atomic mass is 9.87. The van der Waals surface area contributed by atoms with Crippen molar-refractivity contribution < 1.29 is 0 Å². The molecule has 1 rings (SSSR count). The monoisotopic (exact) mass is 233 g/mol. The summed E-state index contributed by atoms with van der Waals surface area (Å²) in [4.78, 5) is 1.03. The molecule has 1 aromatic rings. The highest BCUT2D eigenvalue weighted by atomic mass is 32.2. The summed E-state index contributed by atoms with van der Waals surface area (Å²) < 4.78 is 0. The third kappa shape index (κ3) is 3.90. The van der Waals surface area contributed by atoms with Crippen molar-refractivity contribution in [1.82, 2.24) is 0 Å². The summed E-state index contributed by atoms with van der Waals surface area (Å²) in [7, 11) is 0. The minimum Gasteiger partial charge on any atom is -0.185 e. The van der Waals surface area contributed by atoms with Crippen molar-refractivity contribution in [2.75, 3.05) is 0 Å². The molecule has 0 aliphatic carbocycles. The van der Waals surface area contributed by atoms with Gasteiger partial charge in [0.2, 0.25) is 0 Å². The lowest BCUT2D eigenvalue weighted by Crippen LogP contribution is -2.10. The van der Waals surface area contributed by atoms with E-state index in [1.165, 1.54) is 23.7 Å². The van der Waals surface area contributed by atoms with Gasteiger partial charge in [-0.05, 0) is 47.7 Å². The van der Waals surface area contributed by atoms with Crippen LogP contribution in [0.3, 0.4) is 0 Å². The topological polar surface area (TPSA) is 23.8 Å². The summed E-state index contributed by atoms with van der Waals surface area (Å²) in [6.07, 6.45) is 2.37. The molecular weight excluding hydrogens is 214 g/mol. The molecule has 86 valence electrons. The molecule has 16 heavy (non-hydrogen) atoms. The molecule has 0 aliphatic heterocycles. The smallest absolute Gasteiger partial charge is 0.138 e. The van der Waals surface area contributed by atoms with Crippen LogP contribution in [0.15, 0.2) is 29.2 Å². The minimum absolute atomic E-state index is 0.734. The molecule has 1 unspecified atom stereocenters. The highest BCUT2D eigenvalue weighted by molar-refractivity contribution is 8.03. The second-order valence-corrected chi connectivity index (χ2v) is 5.31. The van der Waals surface area contributed by atoms with Gasteiger partial charge in [-0.25, -0.2) is 0 Å². The maximum atomic E-state index is 8.56. The molecule has 0 radical (unpaired) electrons. The maximum absolute atomic E-state index is 8.56. The van der Waals surface area contributed by atoms with E-state index in [4.69, 9.17) is 5.26 Å². The Labute approximate surface area is 103 Å². The van der Waals surface area contributed by atoms with Gasteiger partial charge in [-0.15, -0.1) is 0 Å². The van der Waals surface area contributed by atoms with Gasteiger partial charge in [0, 0.05) is 4.90 Å². The van der Waals surface area contributed by atoms with Crippen LogP contribution in [-0.2, 0) is 6.42 Å². The Kier molecular flexibility index (Phi) is 5.42. The quantitative estimate of drug-likeness (QED) is 0.553. The van der Waals surface area contributed by atoms with Gasteiger partial charge in [-0.1, -0.05) is 39.3 Å². The lowest BCUT2D eigenvalue weighted by molar-refractivity contribution is 0.371. The molecule has 0 amide bonds. The number of nitrogens with zero attached hydrogens (tertiary/aromatic N) is 1. The molecule has 0 bridgehead atoms. The molecular formula is C14H19NS. The van der Waals surface area contributed by atoms with Crippen LogP contribution in [0.4, 0.5) is 0 Å². The minimum atomic E-state index is 0.734. The first kappa shape index (κ1) is 13.1. The van der Waals surface area contributed by atoms with Gasteiger partial charge >= 0.3 is 0 Å². The van der Waals surface area contributed by atoms with Gasteiger partial charge < -0.3 is 0 Å². The van der Waals surface area contributed by atoms with Crippen LogP contribution in [-0.4, -0.2) is 0 Å². The SMILES string of the molecule is CCC(Cc1ccc(SC#N)cc1)C(C)C. The van der Waals surface area contributed by atoms with E-state index in [1.807, 2.05) is 12.1 Å². The average Bonchev–Trinajstić information content (AvgIpc) is 2.28. The Morgan fingerprint density at radius 2 is 1.88 bits per heavy atom. The van der Waals surface area contributed by atoms with Crippen molar-refractivity contribution in [3.8, 4) is 5.40 Å². The number of rotatable bonds is 5. The van der Waals surface area contributed by atoms with Crippen LogP contribution in [0.1, 0.15) is 32.8 Å². The van der Waals surface area contributed by atoms with Gasteiger partial charge in [0.25, 0.3) is 0 Å². The molecule has 1 aromatic carbocycles. The zero-order valence-corrected chi connectivity index (χ0v) is 11.1. The predicted molar refractivity (Wildman–Crippen MR) is 70.2 cm³/mol. The summed E-state index contributed by atoms with van der Waals surface area (Å²) in [5.41, 5.74) is 1.38. The average molecular weight is 233 g/mol. The molecule has 1 nitrogen and oxygen atoms in total. The second kappa shape index (κ2) is 6.60. The number of hydrogen-bond acceptors (Lipinski definition) is 2. The molecule has 2 heteroatoms. The molecule has 0 N–H and O–H groups in total. The van der Waals surface area contributed by atoms with Gasteiger partial charge in [0.15, 0.2) is 0 Å². The Morgan fingerprint density at radius 1 is 1.25 bits per heavy atom. The second-order valence-electron chi connectivity index (χ2n) is 4.45. The van der Waals surface area contributed by atoms with E-state index in [1.54, 1.807) is 0 Å². The van der Waals surface area contributed by atoms with Crippen LogP contribution in [0.5, 0.6) is 0 Å². The Balaban J connectivity index is 2.64. The van der Waals surface area contributed by atoms with E-state index >= 15 is 0 Å². The standard InChI is InChI=1S/C14H19NS/c1-4-13(11(2)3)9-12-5-7-14(8-6-12)16-10-15/h5-8,11,13H,4,9H2,1-3H3. The van der Waals surface area contributed by atoms with E-state index in [0.717, 1.165) is 23.2 Å². The lowest BCUT2D eigenvalue weighted by Gasteiger charge is -2.18. The zero-order valence-electron chi connectivity index (χ0n) is 10.2. The molecule has 0 aliphatic rings. The number of hydrogen-bond donors (Lipinski definition) is 0. The summed E-state index contributed by atoms with van der Waals surface area (Å²) in [6, 6.07) is 8.36. The molecule has 0 saturated carbocycles. The van der Waals surface area contributed by atoms with Gasteiger partial charge in [0.05, 0.1) is 0 Å². The summed E-state index contributed by atoms with van der Waals surface area (Å²) in [6.45, 7) is 6.83. The number of nitriles is 1. The molecule has 0 heterocycles. The van der Waals surface area contributed by atoms with Crippen molar-refractivity contribution in [2.24, 2.45) is 11.8 Å². The fourth-order valence-electron chi connectivity index (χ4n) is 1.90. The molecule has 0 fully saturated rings. The van der Waals surface area contributed by atoms with Crippen molar-refractivity contribution in [1.29, 1.82) is 5.26 Å². The van der Waals surface area contributed by atoms with Crippen molar-refractivity contribution in [3.05, 3.63) is 29.8 Å². The van der Waals surface area contributed by atoms with E-state index in [9.17, 15) is 0 Å². The van der Waals surface area contributed by atoms with E-state index in [2.05, 4.69) is 38.3 Å². The molecule has 0 aromatic heterocycles. The summed E-state index contributed by atoms with van der Waals surface area (Å²) in [5, 5.41) is 10.6. The molecule has 0 saturated heterocycles. The van der Waals surface area contributed by atoms with Crippen LogP contribution in [0.25, 0.3) is 0 Å². The predicted octanol–water partition coefficient (Wildman–Crippen LogP) is 4.48. The van der Waals surface area contributed by atoms with E-state index in [-0.39, 0.29) is 0 Å². The normalized spacial score (nSPS) is 12.4. The van der Waals surface area contributed by atoms with Crippen molar-refractivity contribution in [3.63, 3.8) is 0 Å². The first-order valence-corrected chi connectivity index (χ1v) is 6.63. The first-order valence-electron chi connectivity index (χ1n) is 5.82. The fraction of sp³-hybridized carbons (Fsp3) is 0.500. The van der Waals surface area contributed by atoms with Crippen molar-refractivity contribution in [2.45, 2.75) is 38.5 Å². The summed E-state index contributed by atoms with van der Waals surface area (Å²) in [5.74, 6) is 1.49. The number of thiocyanates is 1. The van der Waals surface area contributed by atoms with E-state index in [0.29, 0.717) is 0 Å². The fourth-order valence-corrected chi connectivity index (χ4v) is 2.28. The van der Waals surface area contributed by atoms with Crippen molar-refractivity contribution >= 4 is 11.8 Å². The van der Waals surface area contributed by atoms with Crippen LogP contribution < -0.4 is 0 Å². The van der Waals surface area contributed by atoms with Crippen LogP contribution in [0, 0.1) is 22.5 Å². The Bertz CT molecular complexity index is 348. The number of thioether (sulfide) groups is 1. The van der Waals surface area contributed by atoms with Crippen LogP contribution in [0.2, 0.25) is 0 Å². The van der Waals surface area contributed by atoms with E-state index < -0.39 is 0 Å². The third-order valence-electron chi connectivity index (χ3n) is 3.05. The third-order valence-corrected chi connectivity index (χ3v) is 3.65. The number of benzene rings is 1. The van der Waals surface area contributed by atoms with Crippen LogP contribution >= 0.6 is 11.8 Å².